The van der Waals surface area contributed by atoms with E-state index in [0.29, 0.717) is 30.4 Å². The van der Waals surface area contributed by atoms with Crippen molar-refractivity contribution in [2.45, 2.75) is 19.8 Å². The van der Waals surface area contributed by atoms with E-state index in [-0.39, 0.29) is 11.7 Å². The first-order valence-corrected chi connectivity index (χ1v) is 7.71. The van der Waals surface area contributed by atoms with E-state index in [2.05, 4.69) is 13.8 Å². The summed E-state index contributed by atoms with van der Waals surface area (Å²) < 4.78 is 18.3. The van der Waals surface area contributed by atoms with Gasteiger partial charge in [0.05, 0.1) is 6.54 Å². The molecule has 4 heteroatoms. The lowest BCUT2D eigenvalue weighted by molar-refractivity contribution is 0.0774. The maximum atomic E-state index is 12.8. The molecule has 0 spiro atoms. The van der Waals surface area contributed by atoms with E-state index in [4.69, 9.17) is 4.74 Å². The van der Waals surface area contributed by atoms with E-state index in [1.165, 1.54) is 17.7 Å². The largest absolute Gasteiger partial charge is 0.492 e. The molecular weight excluding hydrogens is 293 g/mol. The zero-order valence-electron chi connectivity index (χ0n) is 13.8. The molecule has 0 radical (unpaired) electrons. The predicted molar refractivity (Wildman–Crippen MR) is 89.4 cm³/mol. The Labute approximate surface area is 136 Å². The fourth-order valence-corrected chi connectivity index (χ4v) is 2.16. The minimum atomic E-state index is -0.297. The predicted octanol–water partition coefficient (Wildman–Crippen LogP) is 4.10. The average molecular weight is 315 g/mol. The molecule has 0 bridgehead atoms. The van der Waals surface area contributed by atoms with Gasteiger partial charge in [-0.2, -0.15) is 0 Å². The summed E-state index contributed by atoms with van der Waals surface area (Å²) in [5.74, 6) is 0.701. The highest BCUT2D eigenvalue weighted by Crippen LogP contribution is 2.15. The lowest BCUT2D eigenvalue weighted by atomic mass is 10.0. The number of amides is 1. The molecule has 2 aromatic carbocycles. The number of carbonyl (C=O) groups excluding carboxylic acids is 1. The number of nitrogens with zero attached hydrogens (tertiary/aromatic N) is 1. The second-order valence-corrected chi connectivity index (χ2v) is 5.81. The fourth-order valence-electron chi connectivity index (χ4n) is 2.16. The average Bonchev–Trinajstić information content (AvgIpc) is 2.56. The Hall–Kier alpha value is -2.36. The van der Waals surface area contributed by atoms with E-state index in [1.807, 2.05) is 24.3 Å². The van der Waals surface area contributed by atoms with Gasteiger partial charge in [-0.05, 0) is 47.9 Å². The second kappa shape index (κ2) is 7.77. The molecule has 0 N–H and O–H groups in total. The van der Waals surface area contributed by atoms with E-state index in [0.717, 1.165) is 0 Å². The van der Waals surface area contributed by atoms with Crippen LogP contribution in [-0.2, 0) is 0 Å². The normalized spacial score (nSPS) is 10.7. The van der Waals surface area contributed by atoms with Gasteiger partial charge in [-0.15, -0.1) is 0 Å². The van der Waals surface area contributed by atoms with Crippen LogP contribution in [0.5, 0.6) is 5.75 Å². The summed E-state index contributed by atoms with van der Waals surface area (Å²) in [4.78, 5) is 14.0. The van der Waals surface area contributed by atoms with Crippen molar-refractivity contribution < 1.29 is 13.9 Å². The molecule has 0 aromatic heterocycles. The molecule has 0 saturated carbocycles. The van der Waals surface area contributed by atoms with Crippen LogP contribution >= 0.6 is 0 Å². The Morgan fingerprint density at radius 2 is 1.70 bits per heavy atom. The van der Waals surface area contributed by atoms with Crippen LogP contribution in [0.2, 0.25) is 0 Å². The van der Waals surface area contributed by atoms with E-state index >= 15 is 0 Å². The van der Waals surface area contributed by atoms with Crippen LogP contribution in [0.1, 0.15) is 35.7 Å². The first kappa shape index (κ1) is 17.0. The highest BCUT2D eigenvalue weighted by atomic mass is 19.1. The minimum Gasteiger partial charge on any atom is -0.492 e. The fraction of sp³-hybridized carbons (Fsp3) is 0.316. The van der Waals surface area contributed by atoms with E-state index < -0.39 is 0 Å². The zero-order valence-corrected chi connectivity index (χ0v) is 13.8. The Morgan fingerprint density at radius 1 is 1.09 bits per heavy atom. The molecule has 0 aliphatic rings. The van der Waals surface area contributed by atoms with Crippen molar-refractivity contribution in [2.24, 2.45) is 0 Å². The van der Waals surface area contributed by atoms with Crippen molar-refractivity contribution in [3.05, 3.63) is 65.5 Å². The molecule has 3 nitrogen and oxygen atoms in total. The number of likely N-dealkylation sites (N-methyl/N-ethyl adjacent to an activating group) is 1. The van der Waals surface area contributed by atoms with Gasteiger partial charge in [-0.1, -0.05) is 26.0 Å². The SMILES string of the molecule is CC(C)c1ccc(C(=O)N(C)CCOc2ccc(F)cc2)cc1. The molecule has 0 aliphatic carbocycles. The summed E-state index contributed by atoms with van der Waals surface area (Å²) in [6.07, 6.45) is 0. The molecule has 2 rings (SSSR count). The molecule has 0 atom stereocenters. The first-order chi connectivity index (χ1) is 11.0. The van der Waals surface area contributed by atoms with Crippen molar-refractivity contribution in [1.29, 1.82) is 0 Å². The van der Waals surface area contributed by atoms with Gasteiger partial charge < -0.3 is 9.64 Å². The molecule has 0 aliphatic heterocycles. The first-order valence-electron chi connectivity index (χ1n) is 7.71. The van der Waals surface area contributed by atoms with Crippen molar-refractivity contribution in [1.82, 2.24) is 4.90 Å². The molecule has 122 valence electrons. The number of ether oxygens (including phenoxy) is 1. The smallest absolute Gasteiger partial charge is 0.253 e. The third kappa shape index (κ3) is 4.81. The van der Waals surface area contributed by atoms with E-state index in [1.54, 1.807) is 24.1 Å². The number of carbonyl (C=O) groups is 1. The highest BCUT2D eigenvalue weighted by molar-refractivity contribution is 5.94. The summed E-state index contributed by atoms with van der Waals surface area (Å²) in [5.41, 5.74) is 1.88. The maximum absolute atomic E-state index is 12.8. The van der Waals surface area contributed by atoms with Crippen molar-refractivity contribution >= 4 is 5.91 Å². The van der Waals surface area contributed by atoms with Gasteiger partial charge in [0.15, 0.2) is 0 Å². The van der Waals surface area contributed by atoms with Crippen molar-refractivity contribution in [2.75, 3.05) is 20.2 Å². The van der Waals surface area contributed by atoms with Gasteiger partial charge in [0.2, 0.25) is 0 Å². The molecule has 1 amide bonds. The van der Waals surface area contributed by atoms with Crippen LogP contribution < -0.4 is 4.74 Å². The monoisotopic (exact) mass is 315 g/mol. The van der Waals surface area contributed by atoms with Gasteiger partial charge in [-0.25, -0.2) is 4.39 Å². The third-order valence-electron chi connectivity index (χ3n) is 3.68. The summed E-state index contributed by atoms with van der Waals surface area (Å²) in [6, 6.07) is 13.5. The van der Waals surface area contributed by atoms with Crippen LogP contribution in [0, 0.1) is 5.82 Å². The molecule has 0 unspecified atom stereocenters. The second-order valence-electron chi connectivity index (χ2n) is 5.81. The summed E-state index contributed by atoms with van der Waals surface area (Å²) >= 11 is 0. The topological polar surface area (TPSA) is 29.5 Å². The third-order valence-corrected chi connectivity index (χ3v) is 3.68. The maximum Gasteiger partial charge on any atom is 0.253 e. The quantitative estimate of drug-likeness (QED) is 0.803. The lowest BCUT2D eigenvalue weighted by Gasteiger charge is -2.18. The van der Waals surface area contributed by atoms with Gasteiger partial charge in [-0.3, -0.25) is 4.79 Å². The van der Waals surface area contributed by atoms with Crippen LogP contribution in [-0.4, -0.2) is 31.0 Å². The Kier molecular flexibility index (Phi) is 5.74. The van der Waals surface area contributed by atoms with Crippen LogP contribution in [0.4, 0.5) is 4.39 Å². The number of halogens is 1. The molecule has 0 heterocycles. The number of hydrogen-bond donors (Lipinski definition) is 0. The van der Waals surface area contributed by atoms with Crippen LogP contribution in [0.15, 0.2) is 48.5 Å². The zero-order chi connectivity index (χ0) is 16.8. The molecule has 2 aromatic rings. The molecular formula is C19H22FNO2. The van der Waals surface area contributed by atoms with Crippen molar-refractivity contribution in [3.8, 4) is 5.75 Å². The number of hydrogen-bond acceptors (Lipinski definition) is 2. The molecule has 0 saturated heterocycles. The van der Waals surface area contributed by atoms with Crippen molar-refractivity contribution in [3.63, 3.8) is 0 Å². The molecule has 0 fully saturated rings. The standard InChI is InChI=1S/C19H22FNO2/c1-14(2)15-4-6-16(7-5-15)19(22)21(3)12-13-23-18-10-8-17(20)9-11-18/h4-11,14H,12-13H2,1-3H3. The van der Waals surface area contributed by atoms with Crippen LogP contribution in [0.25, 0.3) is 0 Å². The molecule has 23 heavy (non-hydrogen) atoms. The number of benzene rings is 2. The van der Waals surface area contributed by atoms with Gasteiger partial charge in [0.1, 0.15) is 18.2 Å². The minimum absolute atomic E-state index is 0.0389. The summed E-state index contributed by atoms with van der Waals surface area (Å²) in [6.45, 7) is 5.06. The highest BCUT2D eigenvalue weighted by Gasteiger charge is 2.12. The lowest BCUT2D eigenvalue weighted by Crippen LogP contribution is -2.30. The Balaban J connectivity index is 1.85. The number of rotatable bonds is 6. The van der Waals surface area contributed by atoms with Gasteiger partial charge in [0.25, 0.3) is 5.91 Å². The Bertz CT molecular complexity index is 635. The van der Waals surface area contributed by atoms with E-state index in [9.17, 15) is 9.18 Å². The van der Waals surface area contributed by atoms with Gasteiger partial charge >= 0.3 is 0 Å². The Morgan fingerprint density at radius 3 is 2.26 bits per heavy atom. The summed E-state index contributed by atoms with van der Waals surface area (Å²) in [7, 11) is 1.74. The summed E-state index contributed by atoms with van der Waals surface area (Å²) in [5, 5.41) is 0. The van der Waals surface area contributed by atoms with Crippen LogP contribution in [0.3, 0.4) is 0 Å². The van der Waals surface area contributed by atoms with Gasteiger partial charge in [0, 0.05) is 12.6 Å².